The van der Waals surface area contributed by atoms with Gasteiger partial charge in [-0.2, -0.15) is 0 Å². The van der Waals surface area contributed by atoms with Gasteiger partial charge in [0, 0.05) is 18.2 Å². The highest BCUT2D eigenvalue weighted by Crippen LogP contribution is 2.25. The van der Waals surface area contributed by atoms with Crippen LogP contribution in [0.5, 0.6) is 0 Å². The number of hydrogen-bond donors (Lipinski definition) is 1. The molecule has 0 atom stereocenters. The van der Waals surface area contributed by atoms with Gasteiger partial charge < -0.3 is 5.32 Å². The standard InChI is InChI=1S/C12H12FN3S/c13-9-3-1-2-8(6-9)12-16-15-11(17-12)7-14-10-4-5-10/h1-3,6,10,14H,4-5,7H2. The highest BCUT2D eigenvalue weighted by atomic mass is 32.1. The molecule has 1 heterocycles. The highest BCUT2D eigenvalue weighted by molar-refractivity contribution is 7.14. The van der Waals surface area contributed by atoms with Gasteiger partial charge in [-0.1, -0.05) is 23.5 Å². The monoisotopic (exact) mass is 249 g/mol. The van der Waals surface area contributed by atoms with Crippen molar-refractivity contribution in [3.63, 3.8) is 0 Å². The van der Waals surface area contributed by atoms with E-state index in [1.807, 2.05) is 6.07 Å². The summed E-state index contributed by atoms with van der Waals surface area (Å²) in [5.74, 6) is -0.240. The number of benzene rings is 1. The van der Waals surface area contributed by atoms with Gasteiger partial charge in [0.25, 0.3) is 0 Å². The van der Waals surface area contributed by atoms with E-state index in [1.165, 1.54) is 36.3 Å². The van der Waals surface area contributed by atoms with Crippen molar-refractivity contribution < 1.29 is 4.39 Å². The van der Waals surface area contributed by atoms with Crippen LogP contribution < -0.4 is 5.32 Å². The van der Waals surface area contributed by atoms with Crippen LogP contribution in [0.25, 0.3) is 10.6 Å². The van der Waals surface area contributed by atoms with Gasteiger partial charge in [0.1, 0.15) is 15.8 Å². The minimum absolute atomic E-state index is 0.240. The summed E-state index contributed by atoms with van der Waals surface area (Å²) in [5.41, 5.74) is 0.792. The molecule has 0 aliphatic heterocycles. The molecule has 1 aromatic heterocycles. The molecule has 5 heteroatoms. The number of aromatic nitrogens is 2. The zero-order chi connectivity index (χ0) is 11.7. The molecule has 1 fully saturated rings. The second-order valence-corrected chi connectivity index (χ2v) is 5.23. The van der Waals surface area contributed by atoms with Gasteiger partial charge in [-0.3, -0.25) is 0 Å². The number of rotatable bonds is 4. The quantitative estimate of drug-likeness (QED) is 0.905. The normalized spacial score (nSPS) is 15.1. The van der Waals surface area contributed by atoms with Crippen molar-refractivity contribution in [3.8, 4) is 10.6 Å². The van der Waals surface area contributed by atoms with Gasteiger partial charge in [-0.25, -0.2) is 4.39 Å². The molecule has 1 aliphatic rings. The molecule has 1 aromatic carbocycles. The van der Waals surface area contributed by atoms with Crippen LogP contribution in [-0.4, -0.2) is 16.2 Å². The second-order valence-electron chi connectivity index (χ2n) is 4.17. The molecule has 1 saturated carbocycles. The lowest BCUT2D eigenvalue weighted by atomic mass is 10.2. The first kappa shape index (κ1) is 10.8. The molecule has 3 nitrogen and oxygen atoms in total. The molecule has 2 aromatic rings. The lowest BCUT2D eigenvalue weighted by Gasteiger charge is -1.96. The van der Waals surface area contributed by atoms with E-state index in [9.17, 15) is 4.39 Å². The van der Waals surface area contributed by atoms with E-state index in [-0.39, 0.29) is 5.82 Å². The first-order valence-corrected chi connectivity index (χ1v) is 6.44. The summed E-state index contributed by atoms with van der Waals surface area (Å²) in [5, 5.41) is 13.3. The molecule has 1 N–H and O–H groups in total. The zero-order valence-corrected chi connectivity index (χ0v) is 10.0. The van der Waals surface area contributed by atoms with Crippen LogP contribution in [-0.2, 0) is 6.54 Å². The third kappa shape index (κ3) is 2.68. The lowest BCUT2D eigenvalue weighted by molar-refractivity contribution is 0.628. The number of nitrogens with one attached hydrogen (secondary N) is 1. The largest absolute Gasteiger partial charge is 0.308 e. The predicted molar refractivity (Wildman–Crippen MR) is 65.2 cm³/mol. The van der Waals surface area contributed by atoms with E-state index in [2.05, 4.69) is 15.5 Å². The Labute approximate surface area is 103 Å². The van der Waals surface area contributed by atoms with Crippen molar-refractivity contribution in [2.45, 2.75) is 25.4 Å². The van der Waals surface area contributed by atoms with E-state index < -0.39 is 0 Å². The molecule has 88 valence electrons. The predicted octanol–water partition coefficient (Wildman–Crippen LogP) is 2.60. The van der Waals surface area contributed by atoms with Crippen LogP contribution in [0, 0.1) is 5.82 Å². The fourth-order valence-electron chi connectivity index (χ4n) is 1.58. The molecule has 0 saturated heterocycles. The molecule has 0 radical (unpaired) electrons. The van der Waals surface area contributed by atoms with Crippen molar-refractivity contribution in [1.29, 1.82) is 0 Å². The Morgan fingerprint density at radius 1 is 1.35 bits per heavy atom. The average Bonchev–Trinajstić information content (AvgIpc) is 3.04. The summed E-state index contributed by atoms with van der Waals surface area (Å²) in [6, 6.07) is 7.12. The molecular formula is C12H12FN3S. The maximum absolute atomic E-state index is 13.1. The first-order chi connectivity index (χ1) is 8.31. The van der Waals surface area contributed by atoms with Gasteiger partial charge in [-0.05, 0) is 25.0 Å². The number of hydrogen-bond acceptors (Lipinski definition) is 4. The Kier molecular flexibility index (Phi) is 2.86. The summed E-state index contributed by atoms with van der Waals surface area (Å²) in [4.78, 5) is 0. The highest BCUT2D eigenvalue weighted by Gasteiger charge is 2.20. The van der Waals surface area contributed by atoms with Crippen LogP contribution in [0.15, 0.2) is 24.3 Å². The van der Waals surface area contributed by atoms with Crippen LogP contribution in [0.1, 0.15) is 17.8 Å². The van der Waals surface area contributed by atoms with E-state index in [1.54, 1.807) is 6.07 Å². The van der Waals surface area contributed by atoms with Gasteiger partial charge >= 0.3 is 0 Å². The molecule has 1 aliphatic carbocycles. The van der Waals surface area contributed by atoms with Crippen LogP contribution in [0.2, 0.25) is 0 Å². The van der Waals surface area contributed by atoms with Crippen LogP contribution in [0.3, 0.4) is 0 Å². The Hall–Kier alpha value is -1.33. The summed E-state index contributed by atoms with van der Waals surface area (Å²) < 4.78 is 13.1. The van der Waals surface area contributed by atoms with Crippen molar-refractivity contribution in [2.24, 2.45) is 0 Å². The first-order valence-electron chi connectivity index (χ1n) is 5.63. The van der Waals surface area contributed by atoms with Gasteiger partial charge in [0.15, 0.2) is 0 Å². The minimum atomic E-state index is -0.240. The third-order valence-electron chi connectivity index (χ3n) is 2.66. The molecular weight excluding hydrogens is 237 g/mol. The Balaban J connectivity index is 1.74. The lowest BCUT2D eigenvalue weighted by Crippen LogP contribution is -2.14. The van der Waals surface area contributed by atoms with Gasteiger partial charge in [0.2, 0.25) is 0 Å². The fraction of sp³-hybridized carbons (Fsp3) is 0.333. The van der Waals surface area contributed by atoms with Crippen molar-refractivity contribution >= 4 is 11.3 Å². The van der Waals surface area contributed by atoms with Crippen LogP contribution >= 0.6 is 11.3 Å². The number of nitrogens with zero attached hydrogens (tertiary/aromatic N) is 2. The Bertz CT molecular complexity index is 522. The molecule has 3 rings (SSSR count). The Morgan fingerprint density at radius 2 is 2.24 bits per heavy atom. The summed E-state index contributed by atoms with van der Waals surface area (Å²) in [7, 11) is 0. The average molecular weight is 249 g/mol. The Morgan fingerprint density at radius 3 is 3.00 bits per heavy atom. The summed E-state index contributed by atoms with van der Waals surface area (Å²) in [6.07, 6.45) is 2.52. The molecule has 0 unspecified atom stereocenters. The number of halogens is 1. The summed E-state index contributed by atoms with van der Waals surface area (Å²) in [6.45, 7) is 0.762. The molecule has 0 spiro atoms. The maximum Gasteiger partial charge on any atom is 0.147 e. The van der Waals surface area contributed by atoms with Gasteiger partial charge in [-0.15, -0.1) is 10.2 Å². The molecule has 0 amide bonds. The van der Waals surface area contributed by atoms with E-state index in [4.69, 9.17) is 0 Å². The molecule has 17 heavy (non-hydrogen) atoms. The summed E-state index contributed by atoms with van der Waals surface area (Å²) >= 11 is 1.51. The molecule has 0 bridgehead atoms. The SMILES string of the molecule is Fc1cccc(-c2nnc(CNC3CC3)s2)c1. The zero-order valence-electron chi connectivity index (χ0n) is 9.19. The van der Waals surface area contributed by atoms with E-state index in [0.29, 0.717) is 6.04 Å². The van der Waals surface area contributed by atoms with Crippen LogP contribution in [0.4, 0.5) is 4.39 Å². The smallest absolute Gasteiger partial charge is 0.147 e. The fourth-order valence-corrected chi connectivity index (χ4v) is 2.37. The van der Waals surface area contributed by atoms with E-state index >= 15 is 0 Å². The topological polar surface area (TPSA) is 37.8 Å². The van der Waals surface area contributed by atoms with Crippen molar-refractivity contribution in [2.75, 3.05) is 0 Å². The maximum atomic E-state index is 13.1. The third-order valence-corrected chi connectivity index (χ3v) is 3.63. The second kappa shape index (κ2) is 4.50. The van der Waals surface area contributed by atoms with Crippen molar-refractivity contribution in [3.05, 3.63) is 35.1 Å². The van der Waals surface area contributed by atoms with Gasteiger partial charge in [0.05, 0.1) is 0 Å². The van der Waals surface area contributed by atoms with E-state index in [0.717, 1.165) is 22.1 Å². The minimum Gasteiger partial charge on any atom is -0.308 e. The van der Waals surface area contributed by atoms with Crippen molar-refractivity contribution in [1.82, 2.24) is 15.5 Å².